The third-order valence-corrected chi connectivity index (χ3v) is 4.70. The zero-order valence-corrected chi connectivity index (χ0v) is 14.5. The summed E-state index contributed by atoms with van der Waals surface area (Å²) in [4.78, 5) is 24.2. The standard InChI is InChI=1S/C19H17FN4O3/c1-27-19(26)24-17-4-2-3-15(14(17)10-21-24)22-18(25)23-16-8-6-11-5-7-12(20)9-13(11)16/h2-5,7,9-10,16H,6,8H2,1H3,(H2,22,23,25). The molecule has 4 rings (SSSR count). The van der Waals surface area contributed by atoms with Gasteiger partial charge < -0.3 is 15.4 Å². The zero-order valence-electron chi connectivity index (χ0n) is 14.5. The highest BCUT2D eigenvalue weighted by Gasteiger charge is 2.24. The Balaban J connectivity index is 1.54. The van der Waals surface area contributed by atoms with Gasteiger partial charge in [0.25, 0.3) is 0 Å². The molecule has 2 N–H and O–H groups in total. The molecule has 1 heterocycles. The van der Waals surface area contributed by atoms with Crippen molar-refractivity contribution in [2.24, 2.45) is 0 Å². The van der Waals surface area contributed by atoms with Crippen molar-refractivity contribution in [2.75, 3.05) is 12.4 Å². The molecule has 1 aromatic heterocycles. The molecule has 1 atom stereocenters. The number of aryl methyl sites for hydroxylation is 1. The molecule has 0 aliphatic heterocycles. The second-order valence-corrected chi connectivity index (χ2v) is 6.30. The van der Waals surface area contributed by atoms with E-state index in [2.05, 4.69) is 20.5 Å². The minimum Gasteiger partial charge on any atom is -0.451 e. The number of nitrogens with one attached hydrogen (secondary N) is 2. The van der Waals surface area contributed by atoms with E-state index in [1.165, 1.54) is 25.4 Å². The molecule has 8 heteroatoms. The summed E-state index contributed by atoms with van der Waals surface area (Å²) in [5, 5.41) is 10.3. The van der Waals surface area contributed by atoms with Gasteiger partial charge in [0.1, 0.15) is 5.82 Å². The fourth-order valence-electron chi connectivity index (χ4n) is 3.43. The van der Waals surface area contributed by atoms with E-state index in [-0.39, 0.29) is 11.9 Å². The predicted octanol–water partition coefficient (Wildman–Crippen LogP) is 3.60. The Morgan fingerprint density at radius 2 is 2.15 bits per heavy atom. The number of nitrogens with zero attached hydrogens (tertiary/aromatic N) is 2. The first-order chi connectivity index (χ1) is 13.1. The van der Waals surface area contributed by atoms with E-state index in [0.29, 0.717) is 16.6 Å². The Hall–Kier alpha value is -3.42. The van der Waals surface area contributed by atoms with Crippen LogP contribution in [0.1, 0.15) is 23.6 Å². The SMILES string of the molecule is COC(=O)n1ncc2c(NC(=O)NC3CCc4ccc(F)cc43)cccc21. The largest absolute Gasteiger partial charge is 0.451 e. The summed E-state index contributed by atoms with van der Waals surface area (Å²) in [5.74, 6) is -0.317. The lowest BCUT2D eigenvalue weighted by atomic mass is 10.1. The quantitative estimate of drug-likeness (QED) is 0.724. The Labute approximate surface area is 154 Å². The number of carbonyl (C=O) groups excluding carboxylic acids is 2. The van der Waals surface area contributed by atoms with Crippen LogP contribution in [0.5, 0.6) is 0 Å². The molecule has 1 aliphatic rings. The van der Waals surface area contributed by atoms with Crippen molar-refractivity contribution in [3.63, 3.8) is 0 Å². The first-order valence-corrected chi connectivity index (χ1v) is 8.47. The molecule has 0 saturated heterocycles. The van der Waals surface area contributed by atoms with Gasteiger partial charge in [-0.05, 0) is 48.2 Å². The topological polar surface area (TPSA) is 85.2 Å². The fourth-order valence-corrected chi connectivity index (χ4v) is 3.43. The summed E-state index contributed by atoms with van der Waals surface area (Å²) >= 11 is 0. The van der Waals surface area contributed by atoms with Crippen LogP contribution in [0.3, 0.4) is 0 Å². The monoisotopic (exact) mass is 368 g/mol. The van der Waals surface area contributed by atoms with E-state index < -0.39 is 12.1 Å². The molecule has 3 aromatic rings. The van der Waals surface area contributed by atoms with E-state index in [1.54, 1.807) is 24.3 Å². The first-order valence-electron chi connectivity index (χ1n) is 8.47. The van der Waals surface area contributed by atoms with Gasteiger partial charge in [-0.25, -0.2) is 14.0 Å². The van der Waals surface area contributed by atoms with Gasteiger partial charge in [0.05, 0.1) is 30.6 Å². The highest BCUT2D eigenvalue weighted by Crippen LogP contribution is 2.32. The van der Waals surface area contributed by atoms with Gasteiger partial charge in [0.15, 0.2) is 0 Å². The number of methoxy groups -OCH3 is 1. The van der Waals surface area contributed by atoms with Crippen molar-refractivity contribution < 1.29 is 18.7 Å². The lowest BCUT2D eigenvalue weighted by Crippen LogP contribution is -2.31. The number of carbonyl (C=O) groups is 2. The molecular formula is C19H17FN4O3. The van der Waals surface area contributed by atoms with Crippen molar-refractivity contribution in [3.8, 4) is 0 Å². The predicted molar refractivity (Wildman–Crippen MR) is 97.2 cm³/mol. The van der Waals surface area contributed by atoms with Gasteiger partial charge >= 0.3 is 12.1 Å². The van der Waals surface area contributed by atoms with Crippen molar-refractivity contribution in [1.82, 2.24) is 15.1 Å². The van der Waals surface area contributed by atoms with E-state index in [1.807, 2.05) is 0 Å². The van der Waals surface area contributed by atoms with Gasteiger partial charge in [-0.1, -0.05) is 12.1 Å². The Bertz CT molecular complexity index is 1050. The maximum atomic E-state index is 13.5. The minimum atomic E-state index is -0.615. The molecule has 1 aliphatic carbocycles. The maximum absolute atomic E-state index is 13.5. The van der Waals surface area contributed by atoms with Crippen molar-refractivity contribution in [1.29, 1.82) is 0 Å². The molecule has 0 spiro atoms. The molecule has 7 nitrogen and oxygen atoms in total. The number of anilines is 1. The maximum Gasteiger partial charge on any atom is 0.434 e. The number of aromatic nitrogens is 2. The van der Waals surface area contributed by atoms with Crippen LogP contribution in [-0.2, 0) is 11.2 Å². The summed E-state index contributed by atoms with van der Waals surface area (Å²) < 4.78 is 19.3. The van der Waals surface area contributed by atoms with Crippen molar-refractivity contribution in [3.05, 3.63) is 59.5 Å². The number of hydrogen-bond donors (Lipinski definition) is 2. The molecule has 0 saturated carbocycles. The third kappa shape index (κ3) is 3.10. The van der Waals surface area contributed by atoms with Gasteiger partial charge in [-0.15, -0.1) is 0 Å². The van der Waals surface area contributed by atoms with Crippen LogP contribution in [0.25, 0.3) is 10.9 Å². The second kappa shape index (κ2) is 6.71. The normalized spacial score (nSPS) is 15.4. The molecule has 0 fully saturated rings. The summed E-state index contributed by atoms with van der Waals surface area (Å²) in [6.07, 6.45) is 2.39. The van der Waals surface area contributed by atoms with Gasteiger partial charge in [-0.2, -0.15) is 9.78 Å². The van der Waals surface area contributed by atoms with E-state index in [4.69, 9.17) is 0 Å². The number of hydrogen-bond acceptors (Lipinski definition) is 4. The fraction of sp³-hybridized carbons (Fsp3) is 0.211. The Kier molecular flexibility index (Phi) is 4.23. The van der Waals surface area contributed by atoms with Crippen LogP contribution in [0.2, 0.25) is 0 Å². The Morgan fingerprint density at radius 3 is 2.96 bits per heavy atom. The summed E-state index contributed by atoms with van der Waals surface area (Å²) in [6.45, 7) is 0. The molecule has 138 valence electrons. The van der Waals surface area contributed by atoms with Crippen LogP contribution in [0, 0.1) is 5.82 Å². The van der Waals surface area contributed by atoms with Crippen LogP contribution in [-0.4, -0.2) is 29.0 Å². The molecule has 0 bridgehead atoms. The smallest absolute Gasteiger partial charge is 0.434 e. The van der Waals surface area contributed by atoms with Crippen LogP contribution < -0.4 is 10.6 Å². The van der Waals surface area contributed by atoms with E-state index in [0.717, 1.165) is 28.7 Å². The van der Waals surface area contributed by atoms with Gasteiger partial charge in [-0.3, -0.25) is 0 Å². The molecule has 0 radical (unpaired) electrons. The van der Waals surface area contributed by atoms with Crippen molar-refractivity contribution in [2.45, 2.75) is 18.9 Å². The Morgan fingerprint density at radius 1 is 1.30 bits per heavy atom. The van der Waals surface area contributed by atoms with Crippen LogP contribution in [0.15, 0.2) is 42.6 Å². The van der Waals surface area contributed by atoms with Crippen LogP contribution in [0.4, 0.5) is 19.7 Å². The number of urea groups is 1. The van der Waals surface area contributed by atoms with Crippen LogP contribution >= 0.6 is 0 Å². The molecular weight excluding hydrogens is 351 g/mol. The number of rotatable bonds is 2. The highest BCUT2D eigenvalue weighted by atomic mass is 19.1. The third-order valence-electron chi connectivity index (χ3n) is 4.70. The number of fused-ring (bicyclic) bond motifs is 2. The molecule has 2 amide bonds. The molecule has 2 aromatic carbocycles. The highest BCUT2D eigenvalue weighted by molar-refractivity contribution is 6.02. The average molecular weight is 368 g/mol. The lowest BCUT2D eigenvalue weighted by molar-refractivity contribution is 0.170. The molecule has 27 heavy (non-hydrogen) atoms. The van der Waals surface area contributed by atoms with Gasteiger partial charge in [0, 0.05) is 5.39 Å². The number of ether oxygens (including phenoxy) is 1. The number of benzene rings is 2. The average Bonchev–Trinajstić information content (AvgIpc) is 3.26. The summed E-state index contributed by atoms with van der Waals surface area (Å²) in [5.41, 5.74) is 2.88. The van der Waals surface area contributed by atoms with Crippen molar-refractivity contribution >= 4 is 28.7 Å². The van der Waals surface area contributed by atoms with E-state index >= 15 is 0 Å². The number of amides is 2. The summed E-state index contributed by atoms with van der Waals surface area (Å²) in [6, 6.07) is 9.13. The summed E-state index contributed by atoms with van der Waals surface area (Å²) in [7, 11) is 1.27. The van der Waals surface area contributed by atoms with Gasteiger partial charge in [0.2, 0.25) is 0 Å². The lowest BCUT2D eigenvalue weighted by Gasteiger charge is -2.15. The van der Waals surface area contributed by atoms with E-state index in [9.17, 15) is 14.0 Å². The molecule has 1 unspecified atom stereocenters. The second-order valence-electron chi connectivity index (χ2n) is 6.30. The number of halogens is 1. The zero-order chi connectivity index (χ0) is 19.0. The minimum absolute atomic E-state index is 0.243. The first kappa shape index (κ1) is 17.0.